The molecular weight excluding hydrogens is 1200 g/mol. The third-order valence-corrected chi connectivity index (χ3v) is 13.5. The van der Waals surface area contributed by atoms with Gasteiger partial charge in [-0.2, -0.15) is 0 Å². The quantitative estimate of drug-likeness (QED) is 0.0178. The molecule has 0 saturated carbocycles. The molecule has 2 heterocycles. The number of benzene rings is 4. The summed E-state index contributed by atoms with van der Waals surface area (Å²) in [5.41, 5.74) is 11.8. The minimum Gasteiger partial charge on any atom is -0.493 e. The number of rotatable bonds is 20. The van der Waals surface area contributed by atoms with Crippen LogP contribution in [0.4, 0.5) is 21.0 Å². The molecule has 28 heteroatoms. The van der Waals surface area contributed by atoms with Gasteiger partial charge in [-0.25, -0.2) is 29.2 Å². The number of ketones is 2. The largest absolute Gasteiger partial charge is 0.493 e. The lowest BCUT2D eigenvalue weighted by molar-refractivity contribution is -0.144. The molecule has 0 fully saturated rings. The van der Waals surface area contributed by atoms with Gasteiger partial charge >= 0.3 is 24.1 Å². The molecule has 0 spiro atoms. The number of Topliss-reactive ketones (excluding diaryl/α,β-unsaturated/α-hetero) is 2. The Morgan fingerprint density at radius 1 is 0.581 bits per heavy atom. The fraction of sp³-hybridized carbons (Fsp3) is 0.414. The van der Waals surface area contributed by atoms with Crippen molar-refractivity contribution in [2.75, 3.05) is 40.5 Å². The minimum atomic E-state index is -1.12. The van der Waals surface area contributed by atoms with Crippen LogP contribution in [0.5, 0.6) is 11.5 Å². The zero-order chi connectivity index (χ0) is 63.5. The second-order valence-electron chi connectivity index (χ2n) is 21.3. The molecule has 0 bridgehead atoms. The van der Waals surface area contributed by atoms with Crippen molar-refractivity contribution in [1.82, 2.24) is 31.9 Å². The number of nitrogens with one attached hydrogen (secondary N) is 6. The van der Waals surface area contributed by atoms with E-state index < -0.39 is 59.2 Å². The number of amides is 4. The molecule has 0 radical (unpaired) electrons. The van der Waals surface area contributed by atoms with E-state index in [9.17, 15) is 38.4 Å². The lowest BCUT2D eigenvalue weighted by Gasteiger charge is -2.27. The standard InChI is InChI=1S/C34H43Cl2N5O9.C24H27Cl2N5O5/c1-33(2,3)49-31(45)40-30(41-32(46)50-34(4,5)6)38-19-11-14-26-21(17-19)24(15-16-48-26)37-18-20(42)12-13-25(29(44)47-7)39-28(43)27-22(35)9-8-10-23(27)36;1-35-23(34)19(31-22(33)21-16(25)3-2-4-17(21)26)7-6-14(32)12-29-18-9-10-36-20-8-5-13(11-15(18)20)30-24(27)28/h8-11,14,17,24-25,37H,12-13,15-16,18H2,1-7H3,(H,39,43)(H2,38,40,41,45,46);2-5,8,11,18-19,29H,6-7,9-10,12H2,1H3,(H,31,33)(H4,27,28,30)/t24?,25-;18?,19-/m00/s1. The number of nitrogens with two attached hydrogens (primary N) is 2. The molecule has 4 aromatic rings. The number of methoxy groups -OCH3 is 2. The third kappa shape index (κ3) is 22.0. The molecule has 6 rings (SSSR count). The molecular formula is C58H70Cl4N10O14. The number of esters is 2. The third-order valence-electron chi connectivity index (χ3n) is 12.3. The molecule has 86 heavy (non-hydrogen) atoms. The summed E-state index contributed by atoms with van der Waals surface area (Å²) in [6.07, 6.45) is -0.534. The van der Waals surface area contributed by atoms with E-state index in [1.54, 1.807) is 90.1 Å². The van der Waals surface area contributed by atoms with E-state index in [0.717, 1.165) is 5.56 Å². The van der Waals surface area contributed by atoms with Crippen molar-refractivity contribution in [3.8, 4) is 11.5 Å². The van der Waals surface area contributed by atoms with E-state index in [1.807, 2.05) is 0 Å². The Bertz CT molecular complexity index is 3130. The van der Waals surface area contributed by atoms with Crippen LogP contribution in [0.3, 0.4) is 0 Å². The number of carbonyl (C=O) groups is 8. The summed E-state index contributed by atoms with van der Waals surface area (Å²) >= 11 is 24.4. The number of aliphatic imine (C=N–C) groups is 2. The molecule has 2 aliphatic rings. The summed E-state index contributed by atoms with van der Waals surface area (Å²) in [6, 6.07) is 16.9. The lowest BCUT2D eigenvalue weighted by Crippen LogP contribution is -2.47. The number of fused-ring (bicyclic) bond motifs is 2. The highest BCUT2D eigenvalue weighted by Gasteiger charge is 2.30. The number of nitrogens with zero attached hydrogens (tertiary/aromatic N) is 2. The van der Waals surface area contributed by atoms with Crippen LogP contribution in [0.15, 0.2) is 82.8 Å². The fourth-order valence-electron chi connectivity index (χ4n) is 8.43. The highest BCUT2D eigenvalue weighted by Crippen LogP contribution is 2.37. The highest BCUT2D eigenvalue weighted by molar-refractivity contribution is 6.40. The number of ether oxygens (including phenoxy) is 6. The van der Waals surface area contributed by atoms with E-state index in [2.05, 4.69) is 41.9 Å². The van der Waals surface area contributed by atoms with Gasteiger partial charge in [0.2, 0.25) is 5.96 Å². The predicted octanol–water partition coefficient (Wildman–Crippen LogP) is 8.40. The Morgan fingerprint density at radius 3 is 1.30 bits per heavy atom. The van der Waals surface area contributed by atoms with Crippen molar-refractivity contribution in [1.29, 1.82) is 0 Å². The van der Waals surface area contributed by atoms with Gasteiger partial charge in [0, 0.05) is 48.9 Å². The average molecular weight is 1270 g/mol. The van der Waals surface area contributed by atoms with E-state index in [-0.39, 0.29) is 106 Å². The summed E-state index contributed by atoms with van der Waals surface area (Å²) in [7, 11) is 2.38. The van der Waals surface area contributed by atoms with Crippen LogP contribution in [-0.4, -0.2) is 123 Å². The molecule has 0 aliphatic carbocycles. The van der Waals surface area contributed by atoms with Gasteiger partial charge in [0.1, 0.15) is 46.4 Å². The number of halogens is 4. The van der Waals surface area contributed by atoms with Crippen molar-refractivity contribution in [2.45, 2.75) is 115 Å². The Labute approximate surface area is 517 Å². The second kappa shape index (κ2) is 32.1. The van der Waals surface area contributed by atoms with Crippen molar-refractivity contribution >= 4 is 117 Å². The molecule has 0 saturated heterocycles. The first-order valence-corrected chi connectivity index (χ1v) is 28.4. The van der Waals surface area contributed by atoms with E-state index in [0.29, 0.717) is 54.5 Å². The summed E-state index contributed by atoms with van der Waals surface area (Å²) < 4.78 is 31.7. The monoisotopic (exact) mass is 1270 g/mol. The molecule has 0 aromatic heterocycles. The maximum absolute atomic E-state index is 13.0. The Kier molecular flexibility index (Phi) is 25.8. The maximum Gasteiger partial charge on any atom is 0.414 e. The SMILES string of the molecule is COC(=O)[C@H](CCC(=O)CNC1CCOc2ccc(N=C(N)N)cc21)NC(=O)c1c(Cl)cccc1Cl.COC(=O)[C@H](CCC(=O)CNC1CCOc2ccc(N=C(NC(=O)OC(C)(C)C)NC(=O)OC(C)(C)C)cc21)NC(=O)c1c(Cl)cccc1Cl. The van der Waals surface area contributed by atoms with Gasteiger partial charge in [-0.05, 0) is 115 Å². The summed E-state index contributed by atoms with van der Waals surface area (Å²) in [6.45, 7) is 11.0. The maximum atomic E-state index is 13.0. The lowest BCUT2D eigenvalue weighted by atomic mass is 9.99. The first-order chi connectivity index (χ1) is 40.5. The average Bonchev–Trinajstić information content (AvgIpc) is 3.07. The fourth-order valence-corrected chi connectivity index (χ4v) is 9.57. The number of hydrogen-bond acceptors (Lipinski definition) is 18. The molecule has 2 unspecified atom stereocenters. The first kappa shape index (κ1) is 69.0. The van der Waals surface area contributed by atoms with Gasteiger partial charge in [-0.3, -0.25) is 29.8 Å². The number of carbonyl (C=O) groups excluding carboxylic acids is 8. The van der Waals surface area contributed by atoms with Crippen LogP contribution in [-0.2, 0) is 38.1 Å². The summed E-state index contributed by atoms with van der Waals surface area (Å²) in [5.74, 6) is -2.14. The van der Waals surface area contributed by atoms with Gasteiger partial charge in [-0.1, -0.05) is 58.5 Å². The molecule has 10 N–H and O–H groups in total. The van der Waals surface area contributed by atoms with Gasteiger partial charge in [0.05, 0.1) is 83.1 Å². The van der Waals surface area contributed by atoms with Crippen molar-refractivity contribution in [2.24, 2.45) is 21.5 Å². The molecule has 24 nitrogen and oxygen atoms in total. The van der Waals surface area contributed by atoms with Gasteiger partial charge in [-0.15, -0.1) is 0 Å². The number of guanidine groups is 2. The molecule has 4 atom stereocenters. The molecule has 464 valence electrons. The topological polar surface area (TPSA) is 341 Å². The minimum absolute atomic E-state index is 0.00739. The normalized spacial score (nSPS) is 14.8. The van der Waals surface area contributed by atoms with Gasteiger partial charge in [0.15, 0.2) is 5.96 Å². The van der Waals surface area contributed by atoms with Crippen LogP contribution < -0.4 is 52.8 Å². The zero-order valence-corrected chi connectivity index (χ0v) is 51.6. The van der Waals surface area contributed by atoms with Crippen LogP contribution in [0, 0.1) is 0 Å². The Morgan fingerprint density at radius 2 is 0.953 bits per heavy atom. The number of alkyl carbamates (subject to hydrolysis) is 2. The van der Waals surface area contributed by atoms with Crippen molar-refractivity contribution < 1.29 is 66.8 Å². The second-order valence-corrected chi connectivity index (χ2v) is 22.9. The van der Waals surface area contributed by atoms with Crippen LogP contribution in [0.1, 0.15) is 124 Å². The van der Waals surface area contributed by atoms with Crippen LogP contribution in [0.2, 0.25) is 20.1 Å². The molecule has 2 aliphatic heterocycles. The zero-order valence-electron chi connectivity index (χ0n) is 48.6. The van der Waals surface area contributed by atoms with Gasteiger partial charge < -0.3 is 61.2 Å². The predicted molar refractivity (Wildman–Crippen MR) is 324 cm³/mol. The summed E-state index contributed by atoms with van der Waals surface area (Å²) in [4.78, 5) is 109. The van der Waals surface area contributed by atoms with Crippen molar-refractivity contribution in [3.05, 3.63) is 115 Å². The first-order valence-electron chi connectivity index (χ1n) is 26.9. The van der Waals surface area contributed by atoms with Crippen LogP contribution in [0.25, 0.3) is 0 Å². The smallest absolute Gasteiger partial charge is 0.414 e. The van der Waals surface area contributed by atoms with E-state index in [1.165, 1.54) is 38.5 Å². The highest BCUT2D eigenvalue weighted by atomic mass is 35.5. The Balaban J connectivity index is 0.000000331. The molecule has 4 amide bonds. The molecule has 4 aromatic carbocycles. The van der Waals surface area contributed by atoms with Crippen LogP contribution >= 0.6 is 46.4 Å². The summed E-state index contributed by atoms with van der Waals surface area (Å²) in [5, 5.41) is 17.0. The van der Waals surface area contributed by atoms with E-state index >= 15 is 0 Å². The van der Waals surface area contributed by atoms with E-state index in [4.69, 9.17) is 86.3 Å². The Hall–Kier alpha value is -7.74. The number of hydrogen-bond donors (Lipinski definition) is 8. The van der Waals surface area contributed by atoms with Gasteiger partial charge in [0.25, 0.3) is 11.8 Å². The van der Waals surface area contributed by atoms with Crippen molar-refractivity contribution in [3.63, 3.8) is 0 Å².